The Morgan fingerprint density at radius 2 is 1.90 bits per heavy atom. The van der Waals surface area contributed by atoms with E-state index in [4.69, 9.17) is 4.74 Å². The van der Waals surface area contributed by atoms with Crippen LogP contribution in [0.15, 0.2) is 51.1 Å². The molecule has 1 N–H and O–H groups in total. The number of carbonyl (C=O) groups excluding carboxylic acids is 1. The summed E-state index contributed by atoms with van der Waals surface area (Å²) >= 11 is 6.60. The molecule has 1 aliphatic heterocycles. The number of ketones is 1. The van der Waals surface area contributed by atoms with Crippen LogP contribution in [0.4, 0.5) is 0 Å². The summed E-state index contributed by atoms with van der Waals surface area (Å²) in [5, 5.41) is 10.0. The van der Waals surface area contributed by atoms with Crippen molar-refractivity contribution in [3.63, 3.8) is 0 Å². The number of fused-ring (bicyclic) bond motifs is 1. The normalized spacial score (nSPS) is 15.3. The van der Waals surface area contributed by atoms with E-state index < -0.39 is 0 Å². The number of hydrogen-bond donors (Lipinski definition) is 1. The van der Waals surface area contributed by atoms with E-state index in [0.717, 1.165) is 4.47 Å². The van der Waals surface area contributed by atoms with Gasteiger partial charge in [0.1, 0.15) is 11.5 Å². The summed E-state index contributed by atoms with van der Waals surface area (Å²) in [6.45, 7) is 0. The molecule has 3 nitrogen and oxygen atoms in total. The molecule has 0 spiro atoms. The van der Waals surface area contributed by atoms with Gasteiger partial charge in [0.05, 0.1) is 10.0 Å². The number of rotatable bonds is 1. The molecule has 0 aromatic heterocycles. The van der Waals surface area contributed by atoms with Gasteiger partial charge in [0.15, 0.2) is 5.76 Å². The molecule has 0 amide bonds. The Hall–Kier alpha value is -1.59. The third-order valence-corrected chi connectivity index (χ3v) is 3.98. The van der Waals surface area contributed by atoms with Crippen LogP contribution in [0.25, 0.3) is 6.08 Å². The number of allylic oxidation sites excluding steroid dienone is 1. The smallest absolute Gasteiger partial charge is 0.231 e. The van der Waals surface area contributed by atoms with Gasteiger partial charge < -0.3 is 9.84 Å². The number of phenols is 1. The monoisotopic (exact) mass is 394 g/mol. The Balaban J connectivity index is 2.06. The van der Waals surface area contributed by atoms with Crippen molar-refractivity contribution in [1.29, 1.82) is 0 Å². The van der Waals surface area contributed by atoms with Crippen molar-refractivity contribution in [2.24, 2.45) is 0 Å². The number of ether oxygens (including phenoxy) is 1. The fourth-order valence-electron chi connectivity index (χ4n) is 1.97. The summed E-state index contributed by atoms with van der Waals surface area (Å²) in [6.07, 6.45) is 1.53. The van der Waals surface area contributed by atoms with Crippen molar-refractivity contribution in [1.82, 2.24) is 0 Å². The maximum atomic E-state index is 12.2. The van der Waals surface area contributed by atoms with E-state index in [0.29, 0.717) is 21.3 Å². The lowest BCUT2D eigenvalue weighted by atomic mass is 10.1. The van der Waals surface area contributed by atoms with Crippen LogP contribution < -0.4 is 4.74 Å². The van der Waals surface area contributed by atoms with E-state index in [-0.39, 0.29) is 17.3 Å². The molecule has 2 aromatic rings. The van der Waals surface area contributed by atoms with Crippen molar-refractivity contribution in [2.75, 3.05) is 0 Å². The lowest BCUT2D eigenvalue weighted by Crippen LogP contribution is -1.98. The van der Waals surface area contributed by atoms with Gasteiger partial charge in [-0.1, -0.05) is 28.1 Å². The highest BCUT2D eigenvalue weighted by molar-refractivity contribution is 9.11. The van der Waals surface area contributed by atoms with Crippen LogP contribution >= 0.6 is 31.9 Å². The molecule has 0 saturated heterocycles. The maximum Gasteiger partial charge on any atom is 0.231 e. The molecule has 1 heterocycles. The van der Waals surface area contributed by atoms with Gasteiger partial charge >= 0.3 is 0 Å². The number of aromatic hydroxyl groups is 1. The molecule has 0 bridgehead atoms. The van der Waals surface area contributed by atoms with Crippen molar-refractivity contribution in [3.05, 3.63) is 62.2 Å². The molecule has 2 aromatic carbocycles. The second-order valence-electron chi connectivity index (χ2n) is 4.26. The third-order valence-electron chi connectivity index (χ3n) is 2.92. The molecule has 0 aliphatic carbocycles. The lowest BCUT2D eigenvalue weighted by molar-refractivity contribution is 0.101. The Kier molecular flexibility index (Phi) is 3.40. The average molecular weight is 396 g/mol. The molecule has 0 fully saturated rings. The van der Waals surface area contributed by atoms with E-state index >= 15 is 0 Å². The van der Waals surface area contributed by atoms with Crippen molar-refractivity contribution in [2.45, 2.75) is 0 Å². The first-order valence-electron chi connectivity index (χ1n) is 5.77. The van der Waals surface area contributed by atoms with Gasteiger partial charge in [0, 0.05) is 10.0 Å². The predicted molar refractivity (Wildman–Crippen MR) is 82.9 cm³/mol. The van der Waals surface area contributed by atoms with Crippen LogP contribution in [-0.4, -0.2) is 10.9 Å². The highest BCUT2D eigenvalue weighted by atomic mass is 79.9. The van der Waals surface area contributed by atoms with Crippen LogP contribution in [0.3, 0.4) is 0 Å². The summed E-state index contributed by atoms with van der Waals surface area (Å²) in [5.74, 6) is 0.618. The molecule has 3 rings (SSSR count). The average Bonchev–Trinajstić information content (AvgIpc) is 2.73. The van der Waals surface area contributed by atoms with E-state index in [1.807, 2.05) is 6.07 Å². The second-order valence-corrected chi connectivity index (χ2v) is 6.03. The zero-order valence-electron chi connectivity index (χ0n) is 10.1. The number of hydrogen-bond acceptors (Lipinski definition) is 3. The van der Waals surface area contributed by atoms with Crippen molar-refractivity contribution < 1.29 is 14.6 Å². The number of para-hydroxylation sites is 1. The van der Waals surface area contributed by atoms with Gasteiger partial charge in [-0.05, 0) is 46.3 Å². The Bertz CT molecular complexity index is 751. The Labute approximate surface area is 132 Å². The molecule has 100 valence electrons. The molecule has 0 radical (unpaired) electrons. The van der Waals surface area contributed by atoms with Crippen molar-refractivity contribution in [3.8, 4) is 11.5 Å². The first kappa shape index (κ1) is 13.4. The van der Waals surface area contributed by atoms with E-state index in [1.165, 1.54) is 6.08 Å². The molecule has 0 saturated carbocycles. The van der Waals surface area contributed by atoms with Crippen LogP contribution in [-0.2, 0) is 0 Å². The SMILES string of the molecule is O=C1/C(=C/c2cc(Br)cc(Br)c2O)Oc2ccccc21. The standard InChI is InChI=1S/C15H8Br2O3/c16-9-5-8(14(18)11(17)7-9)6-13-15(19)10-3-1-2-4-12(10)20-13/h1-7,18H/b13-6-. The molecule has 5 heteroatoms. The highest BCUT2D eigenvalue weighted by Crippen LogP contribution is 2.36. The number of Topliss-reactive ketones (excluding diaryl/α,β-unsaturated/α-hetero) is 1. The summed E-state index contributed by atoms with van der Waals surface area (Å²) in [7, 11) is 0. The Morgan fingerprint density at radius 3 is 2.65 bits per heavy atom. The first-order valence-corrected chi connectivity index (χ1v) is 7.36. The third kappa shape index (κ3) is 2.27. The highest BCUT2D eigenvalue weighted by Gasteiger charge is 2.27. The van der Waals surface area contributed by atoms with Gasteiger partial charge in [-0.2, -0.15) is 0 Å². The van der Waals surface area contributed by atoms with Crippen LogP contribution in [0.5, 0.6) is 11.5 Å². The van der Waals surface area contributed by atoms with E-state index in [9.17, 15) is 9.90 Å². The molecule has 0 atom stereocenters. The van der Waals surface area contributed by atoms with Crippen LogP contribution in [0.2, 0.25) is 0 Å². The zero-order valence-corrected chi connectivity index (χ0v) is 13.2. The fraction of sp³-hybridized carbons (Fsp3) is 0. The van der Waals surface area contributed by atoms with Gasteiger partial charge in [0.2, 0.25) is 5.78 Å². The number of carbonyl (C=O) groups is 1. The fourth-order valence-corrected chi connectivity index (χ4v) is 3.23. The quantitative estimate of drug-likeness (QED) is 0.721. The minimum atomic E-state index is -0.184. The van der Waals surface area contributed by atoms with Crippen LogP contribution in [0.1, 0.15) is 15.9 Å². The van der Waals surface area contributed by atoms with Gasteiger partial charge in [-0.3, -0.25) is 4.79 Å². The number of phenolic OH excluding ortho intramolecular Hbond substituents is 1. The van der Waals surface area contributed by atoms with Gasteiger partial charge in [-0.15, -0.1) is 0 Å². The largest absolute Gasteiger partial charge is 0.506 e. The van der Waals surface area contributed by atoms with Crippen molar-refractivity contribution >= 4 is 43.7 Å². The minimum Gasteiger partial charge on any atom is -0.506 e. The first-order chi connectivity index (χ1) is 9.56. The summed E-state index contributed by atoms with van der Waals surface area (Å²) in [4.78, 5) is 12.2. The van der Waals surface area contributed by atoms with E-state index in [1.54, 1.807) is 30.3 Å². The lowest BCUT2D eigenvalue weighted by Gasteiger charge is -2.04. The maximum absolute atomic E-state index is 12.2. The topological polar surface area (TPSA) is 46.5 Å². The second kappa shape index (κ2) is 5.07. The number of benzene rings is 2. The molecular weight excluding hydrogens is 388 g/mol. The molecule has 1 aliphatic rings. The van der Waals surface area contributed by atoms with Gasteiger partial charge in [0.25, 0.3) is 0 Å². The Morgan fingerprint density at radius 1 is 1.15 bits per heavy atom. The summed E-state index contributed by atoms with van der Waals surface area (Å²) in [5.41, 5.74) is 1.04. The molecule has 0 unspecified atom stereocenters. The van der Waals surface area contributed by atoms with Crippen LogP contribution in [0, 0.1) is 0 Å². The zero-order chi connectivity index (χ0) is 14.3. The van der Waals surface area contributed by atoms with Gasteiger partial charge in [-0.25, -0.2) is 0 Å². The molecule has 20 heavy (non-hydrogen) atoms. The van der Waals surface area contributed by atoms with E-state index in [2.05, 4.69) is 31.9 Å². The predicted octanol–water partition coefficient (Wildman–Crippen LogP) is 4.53. The minimum absolute atomic E-state index is 0.0630. The summed E-state index contributed by atoms with van der Waals surface area (Å²) in [6, 6.07) is 10.5. The molecular formula is C15H8Br2O3. The summed E-state index contributed by atoms with van der Waals surface area (Å²) < 4.78 is 6.86. The number of halogens is 2.